The van der Waals surface area contributed by atoms with E-state index < -0.39 is 11.3 Å². The molecule has 9 heavy (non-hydrogen) atoms. The maximum absolute atomic E-state index is 10.4. The smallest absolute Gasteiger partial charge is 0.297 e. The van der Waals surface area contributed by atoms with E-state index in [2.05, 4.69) is 9.78 Å². The van der Waals surface area contributed by atoms with E-state index in [1.165, 1.54) is 6.92 Å². The second kappa shape index (κ2) is 4.58. The van der Waals surface area contributed by atoms with Crippen LogP contribution in [-0.2, 0) is 14.6 Å². The van der Waals surface area contributed by atoms with Crippen LogP contribution in [0.15, 0.2) is 0 Å². The van der Waals surface area contributed by atoms with E-state index in [0.29, 0.717) is 6.61 Å². The van der Waals surface area contributed by atoms with Crippen LogP contribution < -0.4 is 0 Å². The number of rotatable bonds is 3. The lowest BCUT2D eigenvalue weighted by Gasteiger charge is -2.00. The van der Waals surface area contributed by atoms with Gasteiger partial charge < -0.3 is 0 Å². The molecular weight excluding hydrogens is 144 g/mol. The van der Waals surface area contributed by atoms with Crippen LogP contribution in [0.2, 0.25) is 0 Å². The number of alkyl halides is 1. The summed E-state index contributed by atoms with van der Waals surface area (Å²) in [7, 11) is 0. The molecule has 0 aliphatic carbocycles. The molecule has 0 fully saturated rings. The highest BCUT2D eigenvalue weighted by atomic mass is 35.5. The number of hydrogen-bond donors (Lipinski definition) is 0. The van der Waals surface area contributed by atoms with E-state index in [1.807, 2.05) is 0 Å². The minimum atomic E-state index is -0.642. The summed E-state index contributed by atoms with van der Waals surface area (Å²) in [6.45, 7) is 3.57. The molecule has 3 nitrogen and oxygen atoms in total. The third kappa shape index (κ3) is 4.24. The van der Waals surface area contributed by atoms with E-state index in [4.69, 9.17) is 11.6 Å². The highest BCUT2D eigenvalue weighted by Gasteiger charge is 2.10. The highest BCUT2D eigenvalue weighted by molar-refractivity contribution is 6.29. The van der Waals surface area contributed by atoms with Crippen molar-refractivity contribution in [2.24, 2.45) is 0 Å². The summed E-state index contributed by atoms with van der Waals surface area (Å²) in [6, 6.07) is 0. The molecule has 0 saturated heterocycles. The minimum absolute atomic E-state index is 0.343. The third-order valence-corrected chi connectivity index (χ3v) is 0.762. The Hall–Kier alpha value is -0.280. The van der Waals surface area contributed by atoms with Gasteiger partial charge in [0.05, 0.1) is 6.61 Å². The Bertz CT molecular complexity index is 92.2. The average molecular weight is 153 g/mol. The lowest BCUT2D eigenvalue weighted by atomic mass is 10.5. The highest BCUT2D eigenvalue weighted by Crippen LogP contribution is 1.96. The molecule has 0 amide bonds. The predicted octanol–water partition coefficient (Wildman–Crippen LogP) is 1.11. The first-order valence-electron chi connectivity index (χ1n) is 2.65. The fraction of sp³-hybridized carbons (Fsp3) is 0.800. The Morgan fingerprint density at radius 2 is 2.33 bits per heavy atom. The van der Waals surface area contributed by atoms with Crippen molar-refractivity contribution in [3.05, 3.63) is 0 Å². The Morgan fingerprint density at radius 3 is 2.67 bits per heavy atom. The van der Waals surface area contributed by atoms with Crippen LogP contribution in [0, 0.1) is 0 Å². The van der Waals surface area contributed by atoms with Crippen molar-refractivity contribution in [1.82, 2.24) is 0 Å². The summed E-state index contributed by atoms with van der Waals surface area (Å²) < 4.78 is 0. The molecule has 1 atom stereocenters. The van der Waals surface area contributed by atoms with Gasteiger partial charge >= 0.3 is 5.97 Å². The molecule has 0 aromatic carbocycles. The number of carbonyl (C=O) groups excluding carboxylic acids is 1. The van der Waals surface area contributed by atoms with Gasteiger partial charge in [0.15, 0.2) is 0 Å². The van der Waals surface area contributed by atoms with Crippen LogP contribution in [0.3, 0.4) is 0 Å². The molecule has 0 spiro atoms. The Labute approximate surface area is 58.8 Å². The van der Waals surface area contributed by atoms with E-state index in [1.54, 1.807) is 6.92 Å². The molecule has 0 heterocycles. The first-order valence-corrected chi connectivity index (χ1v) is 3.09. The summed E-state index contributed by atoms with van der Waals surface area (Å²) in [6.07, 6.45) is 0. The molecule has 0 aliphatic heterocycles. The van der Waals surface area contributed by atoms with Gasteiger partial charge in [0, 0.05) is 0 Å². The van der Waals surface area contributed by atoms with Crippen LogP contribution in [0.25, 0.3) is 0 Å². The molecule has 0 radical (unpaired) electrons. The molecule has 0 aliphatic rings. The van der Waals surface area contributed by atoms with Crippen LogP contribution >= 0.6 is 11.6 Å². The normalized spacial score (nSPS) is 12.8. The van der Waals surface area contributed by atoms with Crippen molar-refractivity contribution in [3.8, 4) is 0 Å². The van der Waals surface area contributed by atoms with Gasteiger partial charge in [-0.1, -0.05) is 0 Å². The second-order valence-electron chi connectivity index (χ2n) is 1.42. The number of carbonyl (C=O) groups is 1. The molecule has 4 heteroatoms. The first kappa shape index (κ1) is 8.72. The van der Waals surface area contributed by atoms with Crippen molar-refractivity contribution in [3.63, 3.8) is 0 Å². The SMILES string of the molecule is CCOOC(=O)C(C)Cl. The fourth-order valence-corrected chi connectivity index (χ4v) is 0.220. The Kier molecular flexibility index (Phi) is 4.44. The van der Waals surface area contributed by atoms with Crippen molar-refractivity contribution in [2.45, 2.75) is 19.2 Å². The van der Waals surface area contributed by atoms with Gasteiger partial charge in [0.1, 0.15) is 5.38 Å². The summed E-state index contributed by atoms with van der Waals surface area (Å²) in [5, 5.41) is -0.642. The zero-order valence-corrected chi connectivity index (χ0v) is 6.14. The standard InChI is InChI=1S/C5H9ClO3/c1-3-8-9-5(7)4(2)6/h4H,3H2,1-2H3. The molecular formula is C5H9ClO3. The molecule has 0 saturated carbocycles. The number of hydrogen-bond acceptors (Lipinski definition) is 3. The van der Waals surface area contributed by atoms with E-state index in [0.717, 1.165) is 0 Å². The van der Waals surface area contributed by atoms with Gasteiger partial charge in [0.2, 0.25) is 0 Å². The quantitative estimate of drug-likeness (QED) is 0.345. The van der Waals surface area contributed by atoms with Crippen molar-refractivity contribution < 1.29 is 14.6 Å². The van der Waals surface area contributed by atoms with Gasteiger partial charge in [-0.05, 0) is 13.8 Å². The molecule has 1 unspecified atom stereocenters. The van der Waals surface area contributed by atoms with Crippen molar-refractivity contribution in [1.29, 1.82) is 0 Å². The number of halogens is 1. The fourth-order valence-electron chi connectivity index (χ4n) is 0.183. The van der Waals surface area contributed by atoms with E-state index >= 15 is 0 Å². The zero-order valence-electron chi connectivity index (χ0n) is 5.39. The molecule has 0 N–H and O–H groups in total. The van der Waals surface area contributed by atoms with Crippen LogP contribution in [0.5, 0.6) is 0 Å². The van der Waals surface area contributed by atoms with Crippen LogP contribution in [-0.4, -0.2) is 18.0 Å². The zero-order chi connectivity index (χ0) is 7.28. The minimum Gasteiger partial charge on any atom is -0.297 e. The molecule has 0 aromatic rings. The van der Waals surface area contributed by atoms with Crippen molar-refractivity contribution in [2.75, 3.05) is 6.61 Å². The molecule has 0 rings (SSSR count). The van der Waals surface area contributed by atoms with E-state index in [9.17, 15) is 4.79 Å². The monoisotopic (exact) mass is 152 g/mol. The van der Waals surface area contributed by atoms with Crippen molar-refractivity contribution >= 4 is 17.6 Å². The van der Waals surface area contributed by atoms with Gasteiger partial charge in [-0.2, -0.15) is 4.89 Å². The lowest BCUT2D eigenvalue weighted by Crippen LogP contribution is -2.14. The summed E-state index contributed by atoms with van der Waals surface area (Å²) in [4.78, 5) is 18.9. The second-order valence-corrected chi connectivity index (χ2v) is 2.08. The topological polar surface area (TPSA) is 35.5 Å². The summed E-state index contributed by atoms with van der Waals surface area (Å²) in [5.41, 5.74) is 0. The van der Waals surface area contributed by atoms with Gasteiger partial charge in [-0.3, -0.25) is 4.89 Å². The molecule has 0 aromatic heterocycles. The van der Waals surface area contributed by atoms with Gasteiger partial charge in [-0.15, -0.1) is 11.6 Å². The van der Waals surface area contributed by atoms with Gasteiger partial charge in [-0.25, -0.2) is 4.79 Å². The average Bonchev–Trinajstić information content (AvgIpc) is 1.82. The lowest BCUT2D eigenvalue weighted by molar-refractivity contribution is -0.268. The van der Waals surface area contributed by atoms with Crippen LogP contribution in [0.4, 0.5) is 0 Å². The van der Waals surface area contributed by atoms with E-state index in [-0.39, 0.29) is 0 Å². The maximum atomic E-state index is 10.4. The summed E-state index contributed by atoms with van der Waals surface area (Å²) >= 11 is 5.31. The largest absolute Gasteiger partial charge is 0.359 e. The molecule has 54 valence electrons. The maximum Gasteiger partial charge on any atom is 0.359 e. The Balaban J connectivity index is 3.28. The summed E-state index contributed by atoms with van der Waals surface area (Å²) in [5.74, 6) is -0.557. The molecule has 0 bridgehead atoms. The van der Waals surface area contributed by atoms with Crippen LogP contribution in [0.1, 0.15) is 13.8 Å². The predicted molar refractivity (Wildman–Crippen MR) is 33.0 cm³/mol. The first-order chi connectivity index (χ1) is 4.18. The Morgan fingerprint density at radius 1 is 1.78 bits per heavy atom. The third-order valence-electron chi connectivity index (χ3n) is 0.584. The van der Waals surface area contributed by atoms with Gasteiger partial charge in [0.25, 0.3) is 0 Å².